The van der Waals surface area contributed by atoms with Gasteiger partial charge >= 0.3 is 0 Å². The van der Waals surface area contributed by atoms with Crippen molar-refractivity contribution in [2.24, 2.45) is 17.3 Å². The van der Waals surface area contributed by atoms with Gasteiger partial charge in [0.05, 0.1) is 22.9 Å². The number of carbonyl (C=O) groups is 1. The first-order valence-electron chi connectivity index (χ1n) is 13.9. The van der Waals surface area contributed by atoms with Crippen LogP contribution >= 0.6 is 0 Å². The molecule has 4 aliphatic rings. The van der Waals surface area contributed by atoms with Crippen LogP contribution in [-0.2, 0) is 0 Å². The number of nitrogens with one attached hydrogen (secondary N) is 2. The number of likely N-dealkylation sites (tertiary alicyclic amines) is 1. The molecular formula is C29H33F5N4O2. The highest BCUT2D eigenvalue weighted by atomic mass is 19.3. The summed E-state index contributed by atoms with van der Waals surface area (Å²) in [6.45, 7) is 3.33. The number of alkyl halides is 4. The molecule has 1 spiro atoms. The Morgan fingerprint density at radius 2 is 1.73 bits per heavy atom. The highest BCUT2D eigenvalue weighted by Gasteiger charge is 2.59. The molecule has 5 atom stereocenters. The number of fused-ring (bicyclic) bond motifs is 1. The lowest BCUT2D eigenvalue weighted by Crippen LogP contribution is -2.33. The van der Waals surface area contributed by atoms with E-state index in [9.17, 15) is 31.5 Å². The number of pyridine rings is 1. The number of piperidine rings is 1. The number of hydrogen-bond donors (Lipinski definition) is 2. The van der Waals surface area contributed by atoms with Gasteiger partial charge in [-0.05, 0) is 50.5 Å². The molecule has 1 aromatic carbocycles. The maximum atomic E-state index is 14.8. The fourth-order valence-electron chi connectivity index (χ4n) is 7.02. The van der Waals surface area contributed by atoms with Crippen molar-refractivity contribution in [1.29, 1.82) is 0 Å². The van der Waals surface area contributed by atoms with Gasteiger partial charge in [0.15, 0.2) is 0 Å². The van der Waals surface area contributed by atoms with Crippen LogP contribution in [0.2, 0.25) is 0 Å². The zero-order valence-corrected chi connectivity index (χ0v) is 22.4. The molecule has 11 heteroatoms. The Labute approximate surface area is 228 Å². The molecule has 3 saturated carbocycles. The Balaban J connectivity index is 1.28. The maximum absolute atomic E-state index is 14.8. The summed E-state index contributed by atoms with van der Waals surface area (Å²) in [6, 6.07) is 3.97. The SMILES string of the molecule is C[C@@H](NC(=O)c1cn(C2CC23CCC(F)(F)CC3)c(=O)cc1N[C@@H]1[C@@H]2CN(C)C[C@@H]21)c1cccc(C(F)F)c1F. The smallest absolute Gasteiger partial charge is 0.266 e. The Morgan fingerprint density at radius 1 is 1.07 bits per heavy atom. The predicted molar refractivity (Wildman–Crippen MR) is 139 cm³/mol. The summed E-state index contributed by atoms with van der Waals surface area (Å²) in [5, 5.41) is 6.08. The highest BCUT2D eigenvalue weighted by molar-refractivity contribution is 5.99. The molecule has 2 heterocycles. The van der Waals surface area contributed by atoms with Gasteiger partial charge in [-0.2, -0.15) is 0 Å². The summed E-state index contributed by atoms with van der Waals surface area (Å²) in [7, 11) is 2.04. The average molecular weight is 565 g/mol. The zero-order valence-electron chi connectivity index (χ0n) is 22.4. The van der Waals surface area contributed by atoms with Crippen molar-refractivity contribution in [2.75, 3.05) is 25.5 Å². The van der Waals surface area contributed by atoms with E-state index in [-0.39, 0.29) is 47.0 Å². The summed E-state index contributed by atoms with van der Waals surface area (Å²) >= 11 is 0. The second kappa shape index (κ2) is 9.56. The molecule has 216 valence electrons. The number of nitrogens with zero attached hydrogens (tertiary/aromatic N) is 2. The van der Waals surface area contributed by atoms with Crippen molar-refractivity contribution >= 4 is 11.6 Å². The van der Waals surface area contributed by atoms with Gasteiger partial charge in [0.2, 0.25) is 5.92 Å². The molecule has 0 radical (unpaired) electrons. The van der Waals surface area contributed by atoms with Crippen molar-refractivity contribution < 1.29 is 26.7 Å². The van der Waals surface area contributed by atoms with Crippen molar-refractivity contribution in [2.45, 2.75) is 69.5 Å². The largest absolute Gasteiger partial charge is 0.381 e. The molecule has 1 saturated heterocycles. The number of benzene rings is 1. The molecular weight excluding hydrogens is 531 g/mol. The molecule has 1 aromatic heterocycles. The second-order valence-corrected chi connectivity index (χ2v) is 12.2. The summed E-state index contributed by atoms with van der Waals surface area (Å²) in [4.78, 5) is 29.1. The molecule has 4 fully saturated rings. The van der Waals surface area contributed by atoms with E-state index < -0.39 is 35.7 Å². The van der Waals surface area contributed by atoms with Gasteiger partial charge in [0, 0.05) is 55.8 Å². The molecule has 1 aliphatic heterocycles. The van der Waals surface area contributed by atoms with Crippen LogP contribution in [0.15, 0.2) is 35.3 Å². The molecule has 1 amide bonds. The van der Waals surface area contributed by atoms with Gasteiger partial charge in [0.1, 0.15) is 5.82 Å². The quantitative estimate of drug-likeness (QED) is 0.435. The van der Waals surface area contributed by atoms with E-state index >= 15 is 0 Å². The summed E-state index contributed by atoms with van der Waals surface area (Å²) in [5.74, 6) is -3.53. The monoisotopic (exact) mass is 564 g/mol. The third-order valence-corrected chi connectivity index (χ3v) is 9.59. The van der Waals surface area contributed by atoms with E-state index in [2.05, 4.69) is 15.5 Å². The lowest BCUT2D eigenvalue weighted by molar-refractivity contribution is -0.0515. The lowest BCUT2D eigenvalue weighted by Gasteiger charge is -2.29. The lowest BCUT2D eigenvalue weighted by atomic mass is 9.83. The van der Waals surface area contributed by atoms with Crippen LogP contribution in [0.5, 0.6) is 0 Å². The van der Waals surface area contributed by atoms with Crippen molar-refractivity contribution in [3.8, 4) is 0 Å². The number of hydrogen-bond acceptors (Lipinski definition) is 4. The first-order valence-corrected chi connectivity index (χ1v) is 13.9. The van der Waals surface area contributed by atoms with E-state index in [0.717, 1.165) is 19.2 Å². The normalized spacial score (nSPS) is 28.8. The third kappa shape index (κ3) is 4.80. The first kappa shape index (κ1) is 27.2. The average Bonchev–Trinajstić information content (AvgIpc) is 3.71. The highest BCUT2D eigenvalue weighted by Crippen LogP contribution is 2.65. The minimum atomic E-state index is -3.00. The Hall–Kier alpha value is -2.95. The van der Waals surface area contributed by atoms with Crippen molar-refractivity contribution in [3.63, 3.8) is 0 Å². The van der Waals surface area contributed by atoms with E-state index in [0.29, 0.717) is 36.8 Å². The molecule has 2 aromatic rings. The first-order chi connectivity index (χ1) is 18.9. The maximum Gasteiger partial charge on any atom is 0.266 e. The molecule has 6 nitrogen and oxygen atoms in total. The van der Waals surface area contributed by atoms with Gasteiger partial charge in [-0.25, -0.2) is 22.0 Å². The minimum absolute atomic E-state index is 0.0713. The van der Waals surface area contributed by atoms with Gasteiger partial charge in [0.25, 0.3) is 17.9 Å². The molecule has 6 rings (SSSR count). The zero-order chi connectivity index (χ0) is 28.6. The van der Waals surface area contributed by atoms with E-state index in [1.54, 1.807) is 0 Å². The number of carbonyl (C=O) groups excluding carboxylic acids is 1. The van der Waals surface area contributed by atoms with Crippen LogP contribution in [0.1, 0.15) is 79.0 Å². The molecule has 3 aliphatic carbocycles. The van der Waals surface area contributed by atoms with Gasteiger partial charge < -0.3 is 20.1 Å². The third-order valence-electron chi connectivity index (χ3n) is 9.59. The van der Waals surface area contributed by atoms with Crippen molar-refractivity contribution in [3.05, 3.63) is 63.3 Å². The second-order valence-electron chi connectivity index (χ2n) is 12.2. The van der Waals surface area contributed by atoms with E-state index in [4.69, 9.17) is 0 Å². The number of halogens is 5. The minimum Gasteiger partial charge on any atom is -0.381 e. The predicted octanol–water partition coefficient (Wildman–Crippen LogP) is 5.53. The Kier molecular flexibility index (Phi) is 6.51. The van der Waals surface area contributed by atoms with Gasteiger partial charge in [-0.3, -0.25) is 9.59 Å². The number of amides is 1. The summed E-state index contributed by atoms with van der Waals surface area (Å²) < 4.78 is 70.4. The van der Waals surface area contributed by atoms with E-state index in [1.165, 1.54) is 35.9 Å². The number of aromatic nitrogens is 1. The van der Waals surface area contributed by atoms with Crippen LogP contribution in [0.25, 0.3) is 0 Å². The van der Waals surface area contributed by atoms with E-state index in [1.807, 2.05) is 7.05 Å². The Morgan fingerprint density at radius 3 is 2.38 bits per heavy atom. The molecule has 0 bridgehead atoms. The molecule has 40 heavy (non-hydrogen) atoms. The van der Waals surface area contributed by atoms with Gasteiger partial charge in [-0.1, -0.05) is 18.2 Å². The number of rotatable bonds is 7. The molecule has 1 unspecified atom stereocenters. The fourth-order valence-corrected chi connectivity index (χ4v) is 7.02. The van der Waals surface area contributed by atoms with Crippen LogP contribution in [0.3, 0.4) is 0 Å². The van der Waals surface area contributed by atoms with Crippen LogP contribution in [-0.4, -0.2) is 47.5 Å². The summed E-state index contributed by atoms with van der Waals surface area (Å²) in [6.07, 6.45) is -0.726. The number of anilines is 1. The topological polar surface area (TPSA) is 66.4 Å². The van der Waals surface area contributed by atoms with Crippen LogP contribution < -0.4 is 16.2 Å². The van der Waals surface area contributed by atoms with Crippen LogP contribution in [0.4, 0.5) is 27.6 Å². The summed E-state index contributed by atoms with van der Waals surface area (Å²) in [5.41, 5.74) is -0.962. The van der Waals surface area contributed by atoms with Crippen LogP contribution in [0, 0.1) is 23.1 Å². The van der Waals surface area contributed by atoms with Crippen molar-refractivity contribution in [1.82, 2.24) is 14.8 Å². The Bertz CT molecular complexity index is 1370. The van der Waals surface area contributed by atoms with Gasteiger partial charge in [-0.15, -0.1) is 0 Å². The molecule has 2 N–H and O–H groups in total. The standard InChI is InChI=1S/C29H33F5N4O2/c1-15(16-4-3-5-17(24(16)30)26(31)32)35-27(40)20-14-38(22-11-28(22)6-8-29(33,34)9-7-28)23(39)10-21(20)36-25-18-12-37(2)13-19(18)25/h3-5,10,14-15,18-19,22,25-26,36H,6-9,11-13H2,1-2H3,(H,35,40)/t15-,18-,19+,22?,25-/m1/s1. The fraction of sp³-hybridized carbons (Fsp3) is 0.586.